The van der Waals surface area contributed by atoms with Gasteiger partial charge >= 0.3 is 0 Å². The minimum absolute atomic E-state index is 0.0173. The van der Waals surface area contributed by atoms with E-state index in [0.717, 1.165) is 13.1 Å². The normalized spacial score (nSPS) is 25.7. The summed E-state index contributed by atoms with van der Waals surface area (Å²) < 4.78 is 18.9. The van der Waals surface area contributed by atoms with Crippen LogP contribution in [0.15, 0.2) is 24.3 Å². The van der Waals surface area contributed by atoms with Crippen molar-refractivity contribution in [3.63, 3.8) is 0 Å². The van der Waals surface area contributed by atoms with E-state index in [-0.39, 0.29) is 24.2 Å². The van der Waals surface area contributed by atoms with Crippen LogP contribution in [0.2, 0.25) is 0 Å². The van der Waals surface area contributed by atoms with Crippen LogP contribution in [0.4, 0.5) is 4.39 Å². The van der Waals surface area contributed by atoms with E-state index in [1.54, 1.807) is 23.1 Å². The van der Waals surface area contributed by atoms with Gasteiger partial charge in [-0.2, -0.15) is 0 Å². The van der Waals surface area contributed by atoms with Gasteiger partial charge in [0.1, 0.15) is 5.82 Å². The van der Waals surface area contributed by atoms with Crippen LogP contribution >= 0.6 is 0 Å². The molecule has 2 saturated heterocycles. The Kier molecular flexibility index (Phi) is 5.25. The quantitative estimate of drug-likeness (QED) is 0.885. The Morgan fingerprint density at radius 2 is 2.00 bits per heavy atom. The summed E-state index contributed by atoms with van der Waals surface area (Å²) in [5.41, 5.74) is 0.560. The minimum Gasteiger partial charge on any atom is -0.390 e. The van der Waals surface area contributed by atoms with Gasteiger partial charge in [-0.3, -0.25) is 9.69 Å². The van der Waals surface area contributed by atoms with Crippen molar-refractivity contribution in [3.8, 4) is 0 Å². The van der Waals surface area contributed by atoms with Gasteiger partial charge in [-0.25, -0.2) is 4.39 Å². The van der Waals surface area contributed by atoms with Crippen molar-refractivity contribution in [3.05, 3.63) is 35.6 Å². The van der Waals surface area contributed by atoms with E-state index < -0.39 is 6.10 Å². The van der Waals surface area contributed by atoms with Crippen LogP contribution in [0.25, 0.3) is 0 Å². The number of halogens is 1. The number of aliphatic hydroxyl groups is 1. The number of nitrogens with zero attached hydrogens (tertiary/aromatic N) is 2. The molecule has 1 N–H and O–H groups in total. The maximum absolute atomic E-state index is 13.6. The number of hydrogen-bond acceptors (Lipinski definition) is 4. The second-order valence-corrected chi connectivity index (χ2v) is 6.17. The topological polar surface area (TPSA) is 53.0 Å². The zero-order valence-electron chi connectivity index (χ0n) is 13.2. The first kappa shape index (κ1) is 16.4. The fourth-order valence-electron chi connectivity index (χ4n) is 3.34. The minimum atomic E-state index is -0.523. The van der Waals surface area contributed by atoms with Gasteiger partial charge in [-0.1, -0.05) is 18.2 Å². The van der Waals surface area contributed by atoms with Crippen LogP contribution < -0.4 is 0 Å². The fraction of sp³-hybridized carbons (Fsp3) is 0.588. The lowest BCUT2D eigenvalue weighted by atomic mass is 10.1. The number of amides is 1. The second-order valence-electron chi connectivity index (χ2n) is 6.17. The molecule has 2 aliphatic rings. The molecule has 0 bridgehead atoms. The molecule has 1 amide bonds. The lowest BCUT2D eigenvalue weighted by molar-refractivity contribution is -0.130. The summed E-state index contributed by atoms with van der Waals surface area (Å²) in [7, 11) is 0. The third kappa shape index (κ3) is 3.88. The number of aryl methyl sites for hydroxylation is 1. The van der Waals surface area contributed by atoms with Crippen LogP contribution in [0.5, 0.6) is 0 Å². The smallest absolute Gasteiger partial charge is 0.223 e. The molecule has 0 saturated carbocycles. The van der Waals surface area contributed by atoms with Crippen molar-refractivity contribution in [1.82, 2.24) is 9.80 Å². The SMILES string of the molecule is O=C(CCc1ccccc1F)N1C[C@@H](O)[C@H](N2CCOCC2)C1. The Balaban J connectivity index is 1.53. The van der Waals surface area contributed by atoms with Crippen molar-refractivity contribution < 1.29 is 19.0 Å². The lowest BCUT2D eigenvalue weighted by Crippen LogP contribution is -2.49. The highest BCUT2D eigenvalue weighted by atomic mass is 19.1. The highest BCUT2D eigenvalue weighted by Gasteiger charge is 2.37. The molecule has 126 valence electrons. The van der Waals surface area contributed by atoms with Crippen LogP contribution in [0.1, 0.15) is 12.0 Å². The van der Waals surface area contributed by atoms with E-state index in [0.29, 0.717) is 38.3 Å². The molecular weight excluding hydrogens is 299 g/mol. The van der Waals surface area contributed by atoms with Crippen LogP contribution in [-0.2, 0) is 16.0 Å². The molecule has 2 heterocycles. The van der Waals surface area contributed by atoms with E-state index in [9.17, 15) is 14.3 Å². The summed E-state index contributed by atoms with van der Waals surface area (Å²) in [6.45, 7) is 3.82. The molecule has 5 nitrogen and oxygen atoms in total. The monoisotopic (exact) mass is 322 g/mol. The molecule has 6 heteroatoms. The van der Waals surface area contributed by atoms with Gasteiger partial charge in [-0.05, 0) is 18.1 Å². The molecule has 2 atom stereocenters. The third-order valence-corrected chi connectivity index (χ3v) is 4.69. The standard InChI is InChI=1S/C17H23FN2O3/c18-14-4-2-1-3-13(14)5-6-17(22)20-11-15(16(21)12-20)19-7-9-23-10-8-19/h1-4,15-16,21H,5-12H2/t15-,16-/m1/s1. The van der Waals surface area contributed by atoms with Gasteiger partial charge < -0.3 is 14.7 Å². The molecule has 3 rings (SSSR count). The highest BCUT2D eigenvalue weighted by molar-refractivity contribution is 5.77. The first-order chi connectivity index (χ1) is 11.1. The average molecular weight is 322 g/mol. The van der Waals surface area contributed by atoms with Gasteiger partial charge in [0, 0.05) is 32.6 Å². The Bertz CT molecular complexity index is 548. The number of carbonyl (C=O) groups excluding carboxylic acids is 1. The Labute approximate surface area is 135 Å². The van der Waals surface area contributed by atoms with Crippen molar-refractivity contribution in [1.29, 1.82) is 0 Å². The molecule has 0 aliphatic carbocycles. The summed E-state index contributed by atoms with van der Waals surface area (Å²) in [6, 6.07) is 6.52. The van der Waals surface area contributed by atoms with Crippen molar-refractivity contribution in [2.75, 3.05) is 39.4 Å². The molecule has 2 aliphatic heterocycles. The maximum atomic E-state index is 13.6. The zero-order chi connectivity index (χ0) is 16.2. The molecule has 0 unspecified atom stereocenters. The molecule has 0 spiro atoms. The highest BCUT2D eigenvalue weighted by Crippen LogP contribution is 2.19. The van der Waals surface area contributed by atoms with Gasteiger partial charge in [0.25, 0.3) is 0 Å². The van der Waals surface area contributed by atoms with Gasteiger partial charge in [0.15, 0.2) is 0 Å². The number of hydrogen-bond donors (Lipinski definition) is 1. The summed E-state index contributed by atoms with van der Waals surface area (Å²) >= 11 is 0. The van der Waals surface area contributed by atoms with Gasteiger partial charge in [-0.15, -0.1) is 0 Å². The first-order valence-corrected chi connectivity index (χ1v) is 8.16. The van der Waals surface area contributed by atoms with E-state index in [1.165, 1.54) is 6.07 Å². The zero-order valence-corrected chi connectivity index (χ0v) is 13.2. The van der Waals surface area contributed by atoms with Crippen molar-refractivity contribution in [2.24, 2.45) is 0 Å². The number of aliphatic hydroxyl groups excluding tert-OH is 1. The number of β-amino-alcohol motifs (C(OH)–C–C–N with tert-alkyl or cyclic N) is 1. The Morgan fingerprint density at radius 1 is 1.26 bits per heavy atom. The van der Waals surface area contributed by atoms with Crippen LogP contribution in [-0.4, -0.2) is 72.4 Å². The molecular formula is C17H23FN2O3. The number of likely N-dealkylation sites (tertiary alicyclic amines) is 1. The number of morpholine rings is 1. The van der Waals surface area contributed by atoms with Crippen LogP contribution in [0.3, 0.4) is 0 Å². The largest absolute Gasteiger partial charge is 0.390 e. The predicted molar refractivity (Wildman–Crippen MR) is 83.5 cm³/mol. The summed E-state index contributed by atoms with van der Waals surface area (Å²) in [4.78, 5) is 16.2. The van der Waals surface area contributed by atoms with Crippen molar-refractivity contribution in [2.45, 2.75) is 25.0 Å². The van der Waals surface area contributed by atoms with Gasteiger partial charge in [0.05, 0.1) is 25.4 Å². The second kappa shape index (κ2) is 7.38. The molecule has 23 heavy (non-hydrogen) atoms. The first-order valence-electron chi connectivity index (χ1n) is 8.16. The number of carbonyl (C=O) groups is 1. The molecule has 1 aromatic carbocycles. The predicted octanol–water partition coefficient (Wildman–Crippen LogP) is 0.662. The third-order valence-electron chi connectivity index (χ3n) is 4.69. The van der Waals surface area contributed by atoms with E-state index >= 15 is 0 Å². The molecule has 1 aromatic rings. The molecule has 0 radical (unpaired) electrons. The Hall–Kier alpha value is -1.50. The fourth-order valence-corrected chi connectivity index (χ4v) is 3.34. The lowest BCUT2D eigenvalue weighted by Gasteiger charge is -2.33. The average Bonchev–Trinajstić information content (AvgIpc) is 2.96. The molecule has 0 aromatic heterocycles. The van der Waals surface area contributed by atoms with Gasteiger partial charge in [0.2, 0.25) is 5.91 Å². The number of rotatable bonds is 4. The summed E-state index contributed by atoms with van der Waals surface area (Å²) in [6.07, 6.45) is 0.134. The van der Waals surface area contributed by atoms with Crippen molar-refractivity contribution >= 4 is 5.91 Å². The number of benzene rings is 1. The van der Waals surface area contributed by atoms with Crippen LogP contribution in [0, 0.1) is 5.82 Å². The van der Waals surface area contributed by atoms with E-state index in [4.69, 9.17) is 4.74 Å². The summed E-state index contributed by atoms with van der Waals surface area (Å²) in [5, 5.41) is 10.3. The van der Waals surface area contributed by atoms with E-state index in [1.807, 2.05) is 0 Å². The molecule has 2 fully saturated rings. The number of ether oxygens (including phenoxy) is 1. The Morgan fingerprint density at radius 3 is 2.74 bits per heavy atom. The van der Waals surface area contributed by atoms with E-state index in [2.05, 4.69) is 4.90 Å². The summed E-state index contributed by atoms with van der Waals surface area (Å²) in [5.74, 6) is -0.295. The maximum Gasteiger partial charge on any atom is 0.223 e.